The van der Waals surface area contributed by atoms with Gasteiger partial charge in [0.15, 0.2) is 0 Å². The number of ether oxygens (including phenoxy) is 2. The zero-order chi connectivity index (χ0) is 12.2. The first kappa shape index (κ1) is 12.7. The summed E-state index contributed by atoms with van der Waals surface area (Å²) in [4.78, 5) is 21.6. The van der Waals surface area contributed by atoms with Crippen molar-refractivity contribution in [3.63, 3.8) is 0 Å². The van der Waals surface area contributed by atoms with Crippen LogP contribution < -0.4 is 0 Å². The van der Waals surface area contributed by atoms with E-state index in [1.54, 1.807) is 0 Å². The highest BCUT2D eigenvalue weighted by atomic mass is 16.6. The Bertz CT molecular complexity index is 301. The average Bonchev–Trinajstić information content (AvgIpc) is 2.17. The van der Waals surface area contributed by atoms with E-state index in [0.29, 0.717) is 32.5 Å². The number of aliphatic carboxylic acids is 1. The molecular weight excluding hydrogens is 212 g/mol. The lowest BCUT2D eigenvalue weighted by Crippen LogP contribution is -2.42. The largest absolute Gasteiger partial charge is 0.473 e. The molecule has 0 bridgehead atoms. The van der Waals surface area contributed by atoms with Crippen LogP contribution in [0.2, 0.25) is 0 Å². The number of carboxylic acid groups (broad SMARTS) is 1. The number of carbonyl (C=O) groups excluding carboxylic acids is 1. The first-order chi connectivity index (χ1) is 7.45. The normalized spacial score (nSPS) is 18.8. The lowest BCUT2D eigenvalue weighted by Gasteiger charge is -2.36. The van der Waals surface area contributed by atoms with Crippen LogP contribution in [-0.4, -0.2) is 35.9 Å². The van der Waals surface area contributed by atoms with Crippen molar-refractivity contribution in [2.75, 3.05) is 13.2 Å². The first-order valence-corrected chi connectivity index (χ1v) is 5.14. The van der Waals surface area contributed by atoms with Crippen molar-refractivity contribution in [2.45, 2.75) is 31.8 Å². The van der Waals surface area contributed by atoms with E-state index in [-0.39, 0.29) is 0 Å². The minimum atomic E-state index is -1.56. The highest BCUT2D eigenvalue weighted by Crippen LogP contribution is 2.31. The van der Waals surface area contributed by atoms with Gasteiger partial charge in [-0.2, -0.15) is 0 Å². The number of carbonyl (C=O) groups is 2. The summed E-state index contributed by atoms with van der Waals surface area (Å²) < 4.78 is 10.3. The van der Waals surface area contributed by atoms with Gasteiger partial charge >= 0.3 is 11.9 Å². The van der Waals surface area contributed by atoms with Gasteiger partial charge in [-0.25, -0.2) is 9.59 Å². The van der Waals surface area contributed by atoms with Gasteiger partial charge in [0.1, 0.15) is 5.60 Å². The Balaban J connectivity index is 2.73. The van der Waals surface area contributed by atoms with E-state index >= 15 is 0 Å². The Morgan fingerprint density at radius 1 is 1.44 bits per heavy atom. The summed E-state index contributed by atoms with van der Waals surface area (Å²) in [7, 11) is 0. The van der Waals surface area contributed by atoms with Gasteiger partial charge in [0.05, 0.1) is 13.2 Å². The number of hydrogen-bond donors (Lipinski definition) is 1. The molecule has 1 N–H and O–H groups in total. The average molecular weight is 228 g/mol. The SMILES string of the molecule is C=C(C)CC1(OC(=O)C(=O)O)CCOCC1. The smallest absolute Gasteiger partial charge is 0.417 e. The highest BCUT2D eigenvalue weighted by molar-refractivity contribution is 6.28. The Morgan fingerprint density at radius 3 is 2.44 bits per heavy atom. The van der Waals surface area contributed by atoms with E-state index in [1.807, 2.05) is 6.92 Å². The quantitative estimate of drug-likeness (QED) is 0.445. The van der Waals surface area contributed by atoms with Crippen molar-refractivity contribution in [3.05, 3.63) is 12.2 Å². The molecule has 1 aliphatic heterocycles. The van der Waals surface area contributed by atoms with Gasteiger partial charge in [0.2, 0.25) is 0 Å². The molecule has 1 aliphatic rings. The monoisotopic (exact) mass is 228 g/mol. The number of carboxylic acids is 1. The molecular formula is C11H16O5. The van der Waals surface area contributed by atoms with Crippen LogP contribution in [0.3, 0.4) is 0 Å². The molecule has 0 amide bonds. The van der Waals surface area contributed by atoms with Gasteiger partial charge in [-0.3, -0.25) is 0 Å². The minimum Gasteiger partial charge on any atom is -0.473 e. The molecule has 90 valence electrons. The van der Waals surface area contributed by atoms with Crippen LogP contribution in [0.1, 0.15) is 26.2 Å². The van der Waals surface area contributed by atoms with E-state index in [4.69, 9.17) is 14.6 Å². The molecule has 0 saturated carbocycles. The summed E-state index contributed by atoms with van der Waals surface area (Å²) in [6.07, 6.45) is 1.51. The summed E-state index contributed by atoms with van der Waals surface area (Å²) in [5.74, 6) is -2.77. The Hall–Kier alpha value is -1.36. The fraction of sp³-hybridized carbons (Fsp3) is 0.636. The van der Waals surface area contributed by atoms with Crippen LogP contribution in [0.4, 0.5) is 0 Å². The van der Waals surface area contributed by atoms with E-state index in [2.05, 4.69) is 6.58 Å². The van der Waals surface area contributed by atoms with Gasteiger partial charge in [-0.05, 0) is 6.92 Å². The zero-order valence-corrected chi connectivity index (χ0v) is 9.32. The van der Waals surface area contributed by atoms with Gasteiger partial charge in [-0.15, -0.1) is 0 Å². The fourth-order valence-corrected chi connectivity index (χ4v) is 1.85. The van der Waals surface area contributed by atoms with Crippen LogP contribution in [-0.2, 0) is 19.1 Å². The molecule has 1 rings (SSSR count). The maximum atomic E-state index is 11.1. The molecule has 16 heavy (non-hydrogen) atoms. The summed E-state index contributed by atoms with van der Waals surface area (Å²) >= 11 is 0. The van der Waals surface area contributed by atoms with Crippen molar-refractivity contribution in [2.24, 2.45) is 0 Å². The van der Waals surface area contributed by atoms with E-state index in [1.165, 1.54) is 0 Å². The van der Waals surface area contributed by atoms with Crippen molar-refractivity contribution >= 4 is 11.9 Å². The first-order valence-electron chi connectivity index (χ1n) is 5.14. The molecule has 1 heterocycles. The lowest BCUT2D eigenvalue weighted by molar-refractivity contribution is -0.181. The molecule has 0 unspecified atom stereocenters. The second-order valence-corrected chi connectivity index (χ2v) is 4.12. The summed E-state index contributed by atoms with van der Waals surface area (Å²) in [5.41, 5.74) is 0.111. The van der Waals surface area contributed by atoms with Crippen molar-refractivity contribution in [1.29, 1.82) is 0 Å². The third-order valence-electron chi connectivity index (χ3n) is 2.51. The Kier molecular flexibility index (Phi) is 4.06. The van der Waals surface area contributed by atoms with E-state index in [0.717, 1.165) is 5.57 Å². The van der Waals surface area contributed by atoms with Gasteiger partial charge in [0.25, 0.3) is 0 Å². The fourth-order valence-electron chi connectivity index (χ4n) is 1.85. The number of rotatable bonds is 3. The molecule has 0 aromatic carbocycles. The molecule has 0 aliphatic carbocycles. The second kappa shape index (κ2) is 5.12. The van der Waals surface area contributed by atoms with Crippen LogP contribution in [0.15, 0.2) is 12.2 Å². The summed E-state index contributed by atoms with van der Waals surface area (Å²) in [5, 5.41) is 8.53. The molecule has 1 saturated heterocycles. The van der Waals surface area contributed by atoms with E-state index in [9.17, 15) is 9.59 Å². The molecule has 0 radical (unpaired) electrons. The standard InChI is InChI=1S/C11H16O5/c1-8(2)7-11(3-5-15-6-4-11)16-10(14)9(12)13/h1,3-7H2,2H3,(H,12,13). The predicted octanol–water partition coefficient (Wildman–Crippen LogP) is 1.13. The number of esters is 1. The molecule has 1 fully saturated rings. The summed E-state index contributed by atoms with van der Waals surface area (Å²) in [6.45, 7) is 6.54. The maximum absolute atomic E-state index is 11.1. The van der Waals surface area contributed by atoms with Crippen molar-refractivity contribution in [3.8, 4) is 0 Å². The molecule has 0 atom stereocenters. The third-order valence-corrected chi connectivity index (χ3v) is 2.51. The molecule has 0 spiro atoms. The van der Waals surface area contributed by atoms with Gasteiger partial charge < -0.3 is 14.6 Å². The number of hydrogen-bond acceptors (Lipinski definition) is 4. The van der Waals surface area contributed by atoms with E-state index < -0.39 is 17.5 Å². The Morgan fingerprint density at radius 2 is 2.00 bits per heavy atom. The topological polar surface area (TPSA) is 72.8 Å². The van der Waals surface area contributed by atoms with Crippen molar-refractivity contribution < 1.29 is 24.2 Å². The predicted molar refractivity (Wildman–Crippen MR) is 55.9 cm³/mol. The lowest BCUT2D eigenvalue weighted by atomic mass is 9.87. The highest BCUT2D eigenvalue weighted by Gasteiger charge is 2.38. The van der Waals surface area contributed by atoms with Gasteiger partial charge in [-0.1, -0.05) is 12.2 Å². The van der Waals surface area contributed by atoms with Crippen LogP contribution >= 0.6 is 0 Å². The summed E-state index contributed by atoms with van der Waals surface area (Å²) in [6, 6.07) is 0. The third kappa shape index (κ3) is 3.34. The van der Waals surface area contributed by atoms with Crippen LogP contribution in [0.25, 0.3) is 0 Å². The molecule has 5 heteroatoms. The zero-order valence-electron chi connectivity index (χ0n) is 9.32. The Labute approximate surface area is 94.0 Å². The van der Waals surface area contributed by atoms with Crippen LogP contribution in [0, 0.1) is 0 Å². The minimum absolute atomic E-state index is 0.472. The molecule has 5 nitrogen and oxygen atoms in total. The molecule has 0 aromatic heterocycles. The van der Waals surface area contributed by atoms with Crippen molar-refractivity contribution in [1.82, 2.24) is 0 Å². The van der Waals surface area contributed by atoms with Gasteiger partial charge in [0, 0.05) is 19.3 Å². The molecule has 0 aromatic rings. The maximum Gasteiger partial charge on any atom is 0.417 e. The van der Waals surface area contributed by atoms with Crippen LogP contribution in [0.5, 0.6) is 0 Å². The second-order valence-electron chi connectivity index (χ2n) is 4.12.